The highest BCUT2D eigenvalue weighted by Crippen LogP contribution is 2.53. The molecule has 30 heteroatoms. The van der Waals surface area contributed by atoms with Crippen molar-refractivity contribution in [2.75, 3.05) is 18.2 Å². The maximum Gasteiger partial charge on any atom is 0.334 e. The van der Waals surface area contributed by atoms with Crippen molar-refractivity contribution in [1.82, 2.24) is 35.6 Å². The first-order valence-corrected chi connectivity index (χ1v) is 40.4. The molecule has 8 aromatic rings. The number of nitrogens with zero attached hydrogens (tertiary/aromatic N) is 4. The topological polar surface area (TPSA) is 285 Å². The SMILES string of the molecule is C.C=C(C)[C@H](C(=O)OC(c1ccccc1)c1ccccc1)N1C(=O)[C@@H](NC(C)=O)[C@H]1SSc1nc2ccccc2s1.C=C(Cl)OOC1(C)CSC2[C@H](NC(C)=O)C(=O)N2[C@H]1C(=O)OC(c1ccccc1)c1ccccc1.CC(=O)N[C@@H]1C(=O)N2C1S[C@@](C)(COC(=O)CCl)[C@@H]2C(=O)OC(c1ccccc1)c1ccccc1. The number of alkyl halides is 1. The number of benzene rings is 7. The number of likely N-dealkylation sites (tertiary alicyclic amines) is 1. The van der Waals surface area contributed by atoms with Crippen LogP contribution in [0.25, 0.3) is 10.2 Å². The van der Waals surface area contributed by atoms with Crippen molar-refractivity contribution < 1.29 is 76.7 Å². The standard InChI is InChI=1S/C30H27N3O4S3.2C25H25ClN2O6S.CH4/c1-18(2)25(29(36)37-26(20-12-6-4-7-13-20)21-14-8-5-9-15-21)33-27(35)24(31-19(3)34)28(33)39-40-30-32-22-16-10-11-17-23(22)38-30;1-15(26)33-34-25(3)14-35-23-19(27-16(2)29)22(30)28(23)21(25)24(31)32-20(17-10-6-4-7-11-17)18-12-8-5-9-13-18;1-15(29)27-19-22(31)28-21(25(2,35-23(19)28)14-33-18(30)13-26)24(32)34-20(16-9-5-3-6-10-16)17-11-7-4-8-12-17;/h4-17,24-26,28H,1H2,2-3H3,(H,31,34);4-13,19-21,23H,1,14H2,2-3H3,(H,27,29);3-12,19-21,23H,13-14H2,1-2H3,(H,27,29);1H4/t24-,25-,28-;19-,21+,23?,25?;19-,21+,23?,25+;/m111./s1. The molecule has 111 heavy (non-hydrogen) atoms. The van der Waals surface area contributed by atoms with Gasteiger partial charge in [-0.1, -0.05) is 219 Å². The summed E-state index contributed by atoms with van der Waals surface area (Å²) in [5, 5.41) is 6.32. The number of amides is 6. The molecule has 0 spiro atoms. The zero-order chi connectivity index (χ0) is 78.6. The van der Waals surface area contributed by atoms with Gasteiger partial charge in [0.1, 0.15) is 52.8 Å². The highest BCUT2D eigenvalue weighted by Gasteiger charge is 2.67. The van der Waals surface area contributed by atoms with Crippen LogP contribution in [0.2, 0.25) is 0 Å². The van der Waals surface area contributed by atoms with E-state index in [4.69, 9.17) is 51.9 Å². The molecule has 7 aromatic carbocycles. The number of halogens is 2. The van der Waals surface area contributed by atoms with Crippen molar-refractivity contribution in [2.45, 2.75) is 134 Å². The van der Waals surface area contributed by atoms with E-state index in [2.05, 4.69) is 34.1 Å². The van der Waals surface area contributed by atoms with Gasteiger partial charge < -0.3 is 54.5 Å². The van der Waals surface area contributed by atoms with Crippen LogP contribution in [0.5, 0.6) is 0 Å². The third-order valence-electron chi connectivity index (χ3n) is 18.1. The molecular formula is C81H81Cl2N7O16S5. The van der Waals surface area contributed by atoms with Crippen molar-refractivity contribution in [2.24, 2.45) is 0 Å². The minimum absolute atomic E-state index is 0. The third kappa shape index (κ3) is 19.5. The van der Waals surface area contributed by atoms with E-state index in [0.717, 1.165) is 47.9 Å². The van der Waals surface area contributed by atoms with E-state index in [-0.39, 0.29) is 60.4 Å². The predicted molar refractivity (Wildman–Crippen MR) is 429 cm³/mol. The van der Waals surface area contributed by atoms with Crippen molar-refractivity contribution in [1.29, 1.82) is 0 Å². The summed E-state index contributed by atoms with van der Waals surface area (Å²) < 4.78 is 24.4. The van der Waals surface area contributed by atoms with E-state index in [1.807, 2.05) is 206 Å². The summed E-state index contributed by atoms with van der Waals surface area (Å²) in [6.45, 7) is 16.4. The second kappa shape index (κ2) is 37.6. The Morgan fingerprint density at radius 2 is 0.973 bits per heavy atom. The molecule has 23 nitrogen and oxygen atoms in total. The van der Waals surface area contributed by atoms with Gasteiger partial charge in [0.15, 0.2) is 40.3 Å². The molecule has 0 saturated carbocycles. The second-order valence-electron chi connectivity index (χ2n) is 26.4. The number of β-lactam (4-membered cyclic amide) rings is 3. The summed E-state index contributed by atoms with van der Waals surface area (Å²) in [6, 6.07) is 58.5. The monoisotopic (exact) mass is 1640 g/mol. The summed E-state index contributed by atoms with van der Waals surface area (Å²) in [4.78, 5) is 147. The molecule has 580 valence electrons. The molecule has 3 unspecified atom stereocenters. The number of hydrogen-bond donors (Lipinski definition) is 3. The number of esters is 4. The molecule has 5 aliphatic rings. The molecular weight excluding hydrogens is 1560 g/mol. The van der Waals surface area contributed by atoms with E-state index in [1.54, 1.807) is 32.1 Å². The molecule has 0 aliphatic carbocycles. The molecule has 1 aromatic heterocycles. The van der Waals surface area contributed by atoms with Gasteiger partial charge in [0.25, 0.3) is 0 Å². The molecule has 6 heterocycles. The molecule has 6 amide bonds. The average Bonchev–Trinajstić information content (AvgIpc) is 1.70. The molecule has 0 bridgehead atoms. The fourth-order valence-electron chi connectivity index (χ4n) is 13.1. The van der Waals surface area contributed by atoms with Gasteiger partial charge in [0.05, 0.1) is 15.0 Å². The summed E-state index contributed by atoms with van der Waals surface area (Å²) in [7, 11) is 2.79. The van der Waals surface area contributed by atoms with E-state index in [9.17, 15) is 47.9 Å². The number of para-hydroxylation sites is 1. The van der Waals surface area contributed by atoms with Crippen molar-refractivity contribution in [3.05, 3.63) is 264 Å². The summed E-state index contributed by atoms with van der Waals surface area (Å²) in [6.07, 6.45) is -2.08. The number of ether oxygens (including phenoxy) is 4. The van der Waals surface area contributed by atoms with Gasteiger partial charge in [0.2, 0.25) is 40.7 Å². The Labute approximate surface area is 672 Å². The van der Waals surface area contributed by atoms with Crippen LogP contribution in [-0.2, 0) is 76.7 Å². The first-order valence-electron chi connectivity index (χ1n) is 34.5. The van der Waals surface area contributed by atoms with Gasteiger partial charge in [-0.3, -0.25) is 33.6 Å². The maximum absolute atomic E-state index is 13.8. The van der Waals surface area contributed by atoms with Crippen LogP contribution >= 0.6 is 79.7 Å². The fraction of sp³-hybridized carbons (Fsp3) is 0.296. The Morgan fingerprint density at radius 3 is 1.40 bits per heavy atom. The van der Waals surface area contributed by atoms with Crippen LogP contribution in [0.1, 0.15) is 101 Å². The Morgan fingerprint density at radius 1 is 0.568 bits per heavy atom. The first kappa shape index (κ1) is 83.8. The van der Waals surface area contributed by atoms with Gasteiger partial charge in [-0.15, -0.1) is 46.5 Å². The molecule has 3 N–H and O–H groups in total. The summed E-state index contributed by atoms with van der Waals surface area (Å²) in [5.41, 5.74) is 4.77. The molecule has 0 radical (unpaired) electrons. The van der Waals surface area contributed by atoms with E-state index in [0.29, 0.717) is 5.57 Å². The number of thioether (sulfide) groups is 2. The van der Waals surface area contributed by atoms with Gasteiger partial charge in [-0.25, -0.2) is 19.4 Å². The summed E-state index contributed by atoms with van der Waals surface area (Å²) >= 11 is 15.5. The van der Waals surface area contributed by atoms with Crippen molar-refractivity contribution in [3.63, 3.8) is 0 Å². The average molecular weight is 1640 g/mol. The number of rotatable bonds is 26. The van der Waals surface area contributed by atoms with E-state index in [1.165, 1.54) is 80.6 Å². The smallest absolute Gasteiger partial charge is 0.334 e. The zero-order valence-corrected chi connectivity index (χ0v) is 65.8. The second-order valence-corrected chi connectivity index (χ2v) is 33.4. The number of aromatic nitrogens is 1. The van der Waals surface area contributed by atoms with E-state index < -0.39 is 111 Å². The van der Waals surface area contributed by atoms with Gasteiger partial charge in [-0.05, 0) is 101 Å². The number of thiazole rings is 1. The Bertz CT molecular complexity index is 4550. The molecule has 5 aliphatic heterocycles. The van der Waals surface area contributed by atoms with Gasteiger partial charge >= 0.3 is 23.9 Å². The van der Waals surface area contributed by atoms with Gasteiger partial charge in [0, 0.05) is 26.5 Å². The van der Waals surface area contributed by atoms with E-state index >= 15 is 0 Å². The summed E-state index contributed by atoms with van der Waals surface area (Å²) in [5.74, 6) is -4.75. The lowest BCUT2D eigenvalue weighted by Crippen LogP contribution is -2.79. The molecule has 5 fully saturated rings. The van der Waals surface area contributed by atoms with Crippen LogP contribution < -0.4 is 16.0 Å². The van der Waals surface area contributed by atoms with Gasteiger partial charge in [-0.2, -0.15) is 4.89 Å². The number of carbonyl (C=O) groups is 10. The van der Waals surface area contributed by atoms with Crippen LogP contribution in [0, 0.1) is 0 Å². The number of fused-ring (bicyclic) bond motifs is 3. The quantitative estimate of drug-likeness (QED) is 0.00522. The Balaban J connectivity index is 0.000000177. The van der Waals surface area contributed by atoms with Crippen LogP contribution in [0.15, 0.2) is 235 Å². The Hall–Kier alpha value is -9.65. The molecule has 5 saturated heterocycles. The Kier molecular flexibility index (Phi) is 28.4. The van der Waals surface area contributed by atoms with Crippen molar-refractivity contribution in [3.8, 4) is 0 Å². The predicted octanol–water partition coefficient (Wildman–Crippen LogP) is 12.8. The third-order valence-corrected chi connectivity index (χ3v) is 25.6. The van der Waals surface area contributed by atoms with Crippen LogP contribution in [-0.4, -0.2) is 160 Å². The number of carbonyl (C=O) groups excluding carboxylic acids is 10. The normalized spacial score (nSPS) is 22.1. The maximum atomic E-state index is 13.8. The van der Waals surface area contributed by atoms with Crippen LogP contribution in [0.3, 0.4) is 0 Å². The molecule has 11 atom stereocenters. The lowest BCUT2D eigenvalue weighted by Gasteiger charge is -2.56. The molecule has 13 rings (SSSR count). The van der Waals surface area contributed by atoms with Crippen molar-refractivity contribution >= 4 is 149 Å². The highest BCUT2D eigenvalue weighted by atomic mass is 35.5. The lowest BCUT2D eigenvalue weighted by molar-refractivity contribution is -0.332. The minimum Gasteiger partial charge on any atom is -0.463 e. The number of nitrogens with one attached hydrogen (secondary N) is 3. The number of hydrogen-bond acceptors (Lipinski definition) is 22. The van der Waals surface area contributed by atoms with Crippen LogP contribution in [0.4, 0.5) is 0 Å². The zero-order valence-electron chi connectivity index (χ0n) is 60.2. The lowest BCUT2D eigenvalue weighted by atomic mass is 9.91. The first-order chi connectivity index (χ1) is 52.8. The highest BCUT2D eigenvalue weighted by molar-refractivity contribution is 8.77. The largest absolute Gasteiger partial charge is 0.463 e. The fourth-order valence-corrected chi connectivity index (χ4v) is 20.3. The minimum atomic E-state index is -1.30.